The molecule has 2 amide bonds. The molecule has 0 bridgehead atoms. The van der Waals surface area contributed by atoms with Crippen molar-refractivity contribution in [3.05, 3.63) is 0 Å². The summed E-state index contributed by atoms with van der Waals surface area (Å²) >= 11 is 3.40. The van der Waals surface area contributed by atoms with E-state index in [0.29, 0.717) is 13.0 Å². The number of rotatable bonds is 4. The molecule has 6 nitrogen and oxygen atoms in total. The molecule has 0 aromatic carbocycles. The van der Waals surface area contributed by atoms with Crippen LogP contribution in [0.5, 0.6) is 0 Å². The fourth-order valence-corrected chi connectivity index (χ4v) is 6.67. The van der Waals surface area contributed by atoms with E-state index in [-0.39, 0.29) is 16.9 Å². The molecule has 2 aliphatic heterocycles. The second kappa shape index (κ2) is 6.58. The number of amides is 2. The highest BCUT2D eigenvalue weighted by Gasteiger charge is 2.55. The van der Waals surface area contributed by atoms with Gasteiger partial charge in [-0.2, -0.15) is 0 Å². The summed E-state index contributed by atoms with van der Waals surface area (Å²) in [5.41, 5.74) is -2.54. The van der Waals surface area contributed by atoms with Crippen LogP contribution in [-0.4, -0.2) is 67.7 Å². The minimum Gasteiger partial charge on any atom is -0.480 e. The Morgan fingerprint density at radius 2 is 1.81 bits per heavy atom. The van der Waals surface area contributed by atoms with Gasteiger partial charge in [0, 0.05) is 24.5 Å². The number of aliphatic carboxylic acids is 1. The van der Waals surface area contributed by atoms with Crippen molar-refractivity contribution in [2.75, 3.05) is 18.1 Å². The van der Waals surface area contributed by atoms with Crippen molar-refractivity contribution in [3.8, 4) is 0 Å². The van der Waals surface area contributed by atoms with E-state index >= 15 is 0 Å². The maximum absolute atomic E-state index is 14.1. The normalized spacial score (nSPS) is 27.4. The Labute approximate surface area is 161 Å². The molecule has 3 aliphatic rings. The number of hydrogen-bond acceptors (Lipinski definition) is 5. The van der Waals surface area contributed by atoms with Gasteiger partial charge in [0.1, 0.15) is 12.1 Å². The average Bonchev–Trinajstić information content (AvgIpc) is 2.98. The van der Waals surface area contributed by atoms with Crippen LogP contribution in [0.4, 0.5) is 4.39 Å². The highest BCUT2D eigenvalue weighted by Crippen LogP contribution is 2.52. The summed E-state index contributed by atoms with van der Waals surface area (Å²) in [5.74, 6) is -0.374. The zero-order valence-corrected chi connectivity index (χ0v) is 16.8. The number of carbonyl (C=O) groups excluding carboxylic acids is 2. The number of halogens is 1. The van der Waals surface area contributed by atoms with E-state index < -0.39 is 41.0 Å². The van der Waals surface area contributed by atoms with Gasteiger partial charge >= 0.3 is 5.97 Å². The lowest BCUT2D eigenvalue weighted by Crippen LogP contribution is -2.58. The summed E-state index contributed by atoms with van der Waals surface area (Å²) in [6.45, 7) is 5.69. The van der Waals surface area contributed by atoms with Crippen molar-refractivity contribution in [2.24, 2.45) is 5.41 Å². The molecule has 1 aliphatic carbocycles. The molecule has 146 valence electrons. The molecule has 3 fully saturated rings. The standard InChI is InChI=1S/C17H25FN2O4S2/c1-15(2,3)11(19-14(24)16(18)4-5-16)12(21)20-9-17(25-6-7-26-17)8-10(20)13(22)23/h10-11H,4-9H2,1-3H3,(H,19,24)(H,22,23)/t10-,11+/m0/s1. The summed E-state index contributed by atoms with van der Waals surface area (Å²) in [6.07, 6.45) is 0.727. The SMILES string of the molecule is CC(C)(C)[C@H](NC(=O)C1(F)CC1)C(=O)N1CC2(C[C@H]1C(=O)O)SCCS2. The Morgan fingerprint density at radius 3 is 2.27 bits per heavy atom. The van der Waals surface area contributed by atoms with Gasteiger partial charge in [-0.3, -0.25) is 9.59 Å². The van der Waals surface area contributed by atoms with Gasteiger partial charge in [-0.15, -0.1) is 23.5 Å². The first-order valence-electron chi connectivity index (χ1n) is 8.79. The quantitative estimate of drug-likeness (QED) is 0.744. The molecule has 9 heteroatoms. The number of alkyl halides is 1. The molecule has 2 atom stereocenters. The topological polar surface area (TPSA) is 86.7 Å². The fraction of sp³-hybridized carbons (Fsp3) is 0.824. The lowest BCUT2D eigenvalue weighted by molar-refractivity contribution is -0.151. The van der Waals surface area contributed by atoms with Crippen LogP contribution in [0.15, 0.2) is 0 Å². The Kier molecular flexibility index (Phi) is 5.01. The first-order valence-corrected chi connectivity index (χ1v) is 10.8. The lowest BCUT2D eigenvalue weighted by atomic mass is 9.85. The van der Waals surface area contributed by atoms with Crippen molar-refractivity contribution in [2.45, 2.75) is 61.9 Å². The van der Waals surface area contributed by atoms with Gasteiger partial charge in [-0.25, -0.2) is 9.18 Å². The van der Waals surface area contributed by atoms with Gasteiger partial charge < -0.3 is 15.3 Å². The zero-order valence-electron chi connectivity index (χ0n) is 15.2. The van der Waals surface area contributed by atoms with Crippen molar-refractivity contribution in [1.29, 1.82) is 0 Å². The first-order chi connectivity index (χ1) is 12.0. The maximum atomic E-state index is 14.1. The number of likely N-dealkylation sites (tertiary alicyclic amines) is 1. The molecule has 0 radical (unpaired) electrons. The zero-order chi connectivity index (χ0) is 19.3. The van der Waals surface area contributed by atoms with Crippen molar-refractivity contribution < 1.29 is 23.9 Å². The van der Waals surface area contributed by atoms with Crippen LogP contribution in [0.2, 0.25) is 0 Å². The Bertz CT molecular complexity index is 627. The summed E-state index contributed by atoms with van der Waals surface area (Å²) in [4.78, 5) is 38.6. The predicted octanol–water partition coefficient (Wildman–Crippen LogP) is 1.88. The van der Waals surface area contributed by atoms with Crippen LogP contribution in [0.1, 0.15) is 40.0 Å². The lowest BCUT2D eigenvalue weighted by Gasteiger charge is -2.35. The Balaban J connectivity index is 1.82. The summed E-state index contributed by atoms with van der Waals surface area (Å²) in [7, 11) is 0. The molecule has 3 rings (SSSR count). The van der Waals surface area contributed by atoms with Crippen LogP contribution in [0.25, 0.3) is 0 Å². The molecule has 26 heavy (non-hydrogen) atoms. The highest BCUT2D eigenvalue weighted by molar-refractivity contribution is 8.21. The number of nitrogens with one attached hydrogen (secondary N) is 1. The second-order valence-corrected chi connectivity index (χ2v) is 11.6. The molecule has 1 saturated carbocycles. The van der Waals surface area contributed by atoms with Gasteiger partial charge in [0.15, 0.2) is 5.67 Å². The Hall–Kier alpha value is -0.960. The van der Waals surface area contributed by atoms with Gasteiger partial charge in [0.2, 0.25) is 5.91 Å². The monoisotopic (exact) mass is 404 g/mol. The molecule has 1 spiro atoms. The van der Waals surface area contributed by atoms with Crippen LogP contribution in [0.3, 0.4) is 0 Å². The van der Waals surface area contributed by atoms with Gasteiger partial charge in [0.05, 0.1) is 4.08 Å². The van der Waals surface area contributed by atoms with E-state index in [0.717, 1.165) is 11.5 Å². The van der Waals surface area contributed by atoms with Crippen LogP contribution >= 0.6 is 23.5 Å². The molecule has 2 N–H and O–H groups in total. The summed E-state index contributed by atoms with van der Waals surface area (Å²) < 4.78 is 13.8. The fourth-order valence-electron chi connectivity index (χ4n) is 3.41. The van der Waals surface area contributed by atoms with Crippen LogP contribution in [0, 0.1) is 5.41 Å². The van der Waals surface area contributed by atoms with E-state index in [2.05, 4.69) is 5.32 Å². The highest BCUT2D eigenvalue weighted by atomic mass is 32.2. The number of hydrogen-bond donors (Lipinski definition) is 2. The molecule has 2 heterocycles. The van der Waals surface area contributed by atoms with Crippen molar-refractivity contribution >= 4 is 41.3 Å². The van der Waals surface area contributed by atoms with E-state index in [1.807, 2.05) is 0 Å². The number of carboxylic acid groups (broad SMARTS) is 1. The predicted molar refractivity (Wildman–Crippen MR) is 99.9 cm³/mol. The number of carboxylic acids is 1. The molecular weight excluding hydrogens is 379 g/mol. The van der Waals surface area contributed by atoms with Crippen molar-refractivity contribution in [3.63, 3.8) is 0 Å². The number of nitrogens with zero attached hydrogens (tertiary/aromatic N) is 1. The minimum atomic E-state index is -1.88. The van der Waals surface area contributed by atoms with Crippen LogP contribution < -0.4 is 5.32 Å². The third kappa shape index (κ3) is 3.69. The number of carbonyl (C=O) groups is 3. The molecule has 0 aromatic rings. The molecule has 0 unspecified atom stereocenters. The molecular formula is C17H25FN2O4S2. The summed E-state index contributed by atoms with van der Waals surface area (Å²) in [5, 5.41) is 12.2. The second-order valence-electron chi connectivity index (χ2n) is 8.37. The van der Waals surface area contributed by atoms with Crippen molar-refractivity contribution in [1.82, 2.24) is 10.2 Å². The summed E-state index contributed by atoms with van der Waals surface area (Å²) in [6, 6.07) is -1.88. The minimum absolute atomic E-state index is 0.168. The third-order valence-corrected chi connectivity index (χ3v) is 8.58. The first kappa shape index (κ1) is 19.8. The van der Waals surface area contributed by atoms with Gasteiger partial charge in [-0.05, 0) is 18.3 Å². The smallest absolute Gasteiger partial charge is 0.326 e. The average molecular weight is 405 g/mol. The molecule has 2 saturated heterocycles. The van der Waals surface area contributed by atoms with E-state index in [9.17, 15) is 23.9 Å². The molecule has 0 aromatic heterocycles. The van der Waals surface area contributed by atoms with Gasteiger partial charge in [0.25, 0.3) is 5.91 Å². The third-order valence-electron chi connectivity index (χ3n) is 5.16. The van der Waals surface area contributed by atoms with E-state index in [1.54, 1.807) is 44.3 Å². The number of thioether (sulfide) groups is 2. The van der Waals surface area contributed by atoms with E-state index in [4.69, 9.17) is 0 Å². The Morgan fingerprint density at radius 1 is 1.23 bits per heavy atom. The maximum Gasteiger partial charge on any atom is 0.326 e. The van der Waals surface area contributed by atoms with Gasteiger partial charge in [-0.1, -0.05) is 20.8 Å². The largest absolute Gasteiger partial charge is 0.480 e. The van der Waals surface area contributed by atoms with Crippen LogP contribution in [-0.2, 0) is 14.4 Å². The van der Waals surface area contributed by atoms with E-state index in [1.165, 1.54) is 4.90 Å².